The summed E-state index contributed by atoms with van der Waals surface area (Å²) in [7, 11) is 0. The van der Waals surface area contributed by atoms with Crippen molar-refractivity contribution < 1.29 is 29.0 Å². The van der Waals surface area contributed by atoms with E-state index in [9.17, 15) is 24.3 Å². The summed E-state index contributed by atoms with van der Waals surface area (Å²) in [6, 6.07) is 16.4. The van der Waals surface area contributed by atoms with Crippen molar-refractivity contribution in [2.75, 3.05) is 13.1 Å². The SMILES string of the molecule is O=C(N[C@@H](Cc1ccccc1)C(=O)NCC(=O)N1CCC[C@H]1C(=O)O)OCc1ccccc1. The Labute approximate surface area is 191 Å². The van der Waals surface area contributed by atoms with E-state index in [2.05, 4.69) is 10.6 Å². The van der Waals surface area contributed by atoms with Gasteiger partial charge in [0.15, 0.2) is 0 Å². The van der Waals surface area contributed by atoms with Gasteiger partial charge in [0.2, 0.25) is 11.8 Å². The number of likely N-dealkylation sites (tertiary alicyclic amines) is 1. The molecule has 0 saturated carbocycles. The Balaban J connectivity index is 1.59. The molecule has 0 radical (unpaired) electrons. The lowest BCUT2D eigenvalue weighted by Gasteiger charge is -2.23. The van der Waals surface area contributed by atoms with Crippen molar-refractivity contribution in [2.24, 2.45) is 0 Å². The van der Waals surface area contributed by atoms with Gasteiger partial charge >= 0.3 is 12.1 Å². The van der Waals surface area contributed by atoms with Crippen LogP contribution < -0.4 is 10.6 Å². The standard InChI is InChI=1S/C24H27N3O6/c28-21(27-13-7-12-20(27)23(30)31)15-25-22(29)19(14-17-8-3-1-4-9-17)26-24(32)33-16-18-10-5-2-6-11-18/h1-6,8-11,19-20H,7,12-16H2,(H,25,29)(H,26,32)(H,30,31)/t19-,20-/m0/s1. The Morgan fingerprint density at radius 1 is 1.00 bits per heavy atom. The lowest BCUT2D eigenvalue weighted by Crippen LogP contribution is -2.51. The lowest BCUT2D eigenvalue weighted by atomic mass is 10.1. The Kier molecular flexibility index (Phi) is 8.40. The fraction of sp³-hybridized carbons (Fsp3) is 0.333. The van der Waals surface area contributed by atoms with Crippen LogP contribution >= 0.6 is 0 Å². The number of hydrogen-bond donors (Lipinski definition) is 3. The second-order valence-electron chi connectivity index (χ2n) is 7.75. The Bertz CT molecular complexity index is 967. The summed E-state index contributed by atoms with van der Waals surface area (Å²) >= 11 is 0. The highest BCUT2D eigenvalue weighted by Gasteiger charge is 2.34. The number of amides is 3. The zero-order valence-corrected chi connectivity index (χ0v) is 18.1. The van der Waals surface area contributed by atoms with Crippen LogP contribution in [0.2, 0.25) is 0 Å². The van der Waals surface area contributed by atoms with E-state index in [1.54, 1.807) is 0 Å². The van der Waals surface area contributed by atoms with Gasteiger partial charge in [-0.3, -0.25) is 9.59 Å². The average molecular weight is 453 g/mol. The molecule has 0 unspecified atom stereocenters. The molecule has 3 amide bonds. The summed E-state index contributed by atoms with van der Waals surface area (Å²) in [4.78, 5) is 50.2. The number of alkyl carbamates (subject to hydrolysis) is 1. The van der Waals surface area contributed by atoms with E-state index in [0.29, 0.717) is 19.4 Å². The van der Waals surface area contributed by atoms with Gasteiger partial charge in [-0.15, -0.1) is 0 Å². The van der Waals surface area contributed by atoms with Crippen molar-refractivity contribution in [3.8, 4) is 0 Å². The lowest BCUT2D eigenvalue weighted by molar-refractivity contribution is -0.148. The highest BCUT2D eigenvalue weighted by molar-refractivity contribution is 5.91. The summed E-state index contributed by atoms with van der Waals surface area (Å²) in [5, 5.41) is 14.3. The van der Waals surface area contributed by atoms with E-state index in [4.69, 9.17) is 4.74 Å². The molecule has 0 bridgehead atoms. The molecule has 1 aliphatic heterocycles. The number of carboxylic acid groups (broad SMARTS) is 1. The quantitative estimate of drug-likeness (QED) is 0.531. The fourth-order valence-corrected chi connectivity index (χ4v) is 3.68. The predicted molar refractivity (Wildman–Crippen MR) is 119 cm³/mol. The number of hydrogen-bond acceptors (Lipinski definition) is 5. The van der Waals surface area contributed by atoms with Crippen LogP contribution in [0.3, 0.4) is 0 Å². The monoisotopic (exact) mass is 453 g/mol. The molecule has 1 fully saturated rings. The summed E-state index contributed by atoms with van der Waals surface area (Å²) in [6.45, 7) is 0.0359. The summed E-state index contributed by atoms with van der Waals surface area (Å²) < 4.78 is 5.22. The molecule has 0 aliphatic carbocycles. The molecule has 2 aromatic carbocycles. The first-order chi connectivity index (χ1) is 15.9. The minimum atomic E-state index is -1.06. The third kappa shape index (κ3) is 7.06. The Morgan fingerprint density at radius 3 is 2.27 bits per heavy atom. The molecule has 0 aromatic heterocycles. The zero-order chi connectivity index (χ0) is 23.6. The highest BCUT2D eigenvalue weighted by Crippen LogP contribution is 2.17. The normalized spacial score (nSPS) is 16.0. The topological polar surface area (TPSA) is 125 Å². The van der Waals surface area contributed by atoms with E-state index in [1.165, 1.54) is 4.90 Å². The summed E-state index contributed by atoms with van der Waals surface area (Å²) in [6.07, 6.45) is 0.428. The summed E-state index contributed by atoms with van der Waals surface area (Å²) in [5.41, 5.74) is 1.62. The first-order valence-electron chi connectivity index (χ1n) is 10.7. The maximum absolute atomic E-state index is 12.8. The van der Waals surface area contributed by atoms with Gasteiger partial charge < -0.3 is 25.4 Å². The van der Waals surface area contributed by atoms with Gasteiger partial charge in [0, 0.05) is 13.0 Å². The number of nitrogens with one attached hydrogen (secondary N) is 2. The second-order valence-corrected chi connectivity index (χ2v) is 7.75. The molecule has 9 nitrogen and oxygen atoms in total. The van der Waals surface area contributed by atoms with Crippen LogP contribution in [0.25, 0.3) is 0 Å². The van der Waals surface area contributed by atoms with Crippen LogP contribution in [-0.4, -0.2) is 59.1 Å². The predicted octanol–water partition coefficient (Wildman–Crippen LogP) is 1.72. The summed E-state index contributed by atoms with van der Waals surface area (Å²) in [5.74, 6) is -2.09. The number of rotatable bonds is 9. The van der Waals surface area contributed by atoms with E-state index in [-0.39, 0.29) is 19.6 Å². The Hall–Kier alpha value is -3.88. The molecule has 0 spiro atoms. The third-order valence-electron chi connectivity index (χ3n) is 5.38. The van der Waals surface area contributed by atoms with Gasteiger partial charge in [-0.25, -0.2) is 9.59 Å². The second kappa shape index (κ2) is 11.7. The van der Waals surface area contributed by atoms with Crippen LogP contribution in [0, 0.1) is 0 Å². The smallest absolute Gasteiger partial charge is 0.408 e. The van der Waals surface area contributed by atoms with Crippen molar-refractivity contribution >= 4 is 23.9 Å². The number of carbonyl (C=O) groups is 4. The number of ether oxygens (including phenoxy) is 1. The first-order valence-corrected chi connectivity index (χ1v) is 10.7. The zero-order valence-electron chi connectivity index (χ0n) is 18.1. The molecule has 1 aliphatic rings. The van der Waals surface area contributed by atoms with Gasteiger partial charge in [-0.2, -0.15) is 0 Å². The van der Waals surface area contributed by atoms with Crippen LogP contribution in [0.15, 0.2) is 60.7 Å². The molecule has 1 heterocycles. The molecule has 1 saturated heterocycles. The van der Waals surface area contributed by atoms with E-state index >= 15 is 0 Å². The van der Waals surface area contributed by atoms with Crippen LogP contribution in [0.1, 0.15) is 24.0 Å². The molecule has 2 atom stereocenters. The third-order valence-corrected chi connectivity index (χ3v) is 5.38. The van der Waals surface area contributed by atoms with Crippen LogP contribution in [0.5, 0.6) is 0 Å². The van der Waals surface area contributed by atoms with E-state index in [1.807, 2.05) is 60.7 Å². The largest absolute Gasteiger partial charge is 0.480 e. The van der Waals surface area contributed by atoms with Gasteiger partial charge in [0.1, 0.15) is 18.7 Å². The van der Waals surface area contributed by atoms with Crippen molar-refractivity contribution in [1.82, 2.24) is 15.5 Å². The number of benzene rings is 2. The maximum Gasteiger partial charge on any atom is 0.408 e. The number of aliphatic carboxylic acids is 1. The van der Waals surface area contributed by atoms with Crippen LogP contribution in [0.4, 0.5) is 4.79 Å². The molecule has 9 heteroatoms. The minimum absolute atomic E-state index is 0.0520. The van der Waals surface area contributed by atoms with Gasteiger partial charge in [-0.1, -0.05) is 60.7 Å². The molecule has 174 valence electrons. The molecular weight excluding hydrogens is 426 g/mol. The molecular formula is C24H27N3O6. The van der Waals surface area contributed by atoms with Crippen molar-refractivity contribution in [3.05, 3.63) is 71.8 Å². The number of carboxylic acids is 1. The molecule has 3 N–H and O–H groups in total. The van der Waals surface area contributed by atoms with Crippen molar-refractivity contribution in [2.45, 2.75) is 38.0 Å². The minimum Gasteiger partial charge on any atom is -0.480 e. The van der Waals surface area contributed by atoms with Crippen molar-refractivity contribution in [3.63, 3.8) is 0 Å². The number of carbonyl (C=O) groups excluding carboxylic acids is 3. The molecule has 2 aromatic rings. The molecule has 33 heavy (non-hydrogen) atoms. The fourth-order valence-electron chi connectivity index (χ4n) is 3.68. The van der Waals surface area contributed by atoms with Gasteiger partial charge in [0.05, 0.1) is 6.54 Å². The van der Waals surface area contributed by atoms with E-state index in [0.717, 1.165) is 11.1 Å². The van der Waals surface area contributed by atoms with Crippen molar-refractivity contribution in [1.29, 1.82) is 0 Å². The number of nitrogens with zero attached hydrogens (tertiary/aromatic N) is 1. The highest BCUT2D eigenvalue weighted by atomic mass is 16.5. The molecule has 3 rings (SSSR count). The van der Waals surface area contributed by atoms with Gasteiger partial charge in [0.25, 0.3) is 0 Å². The van der Waals surface area contributed by atoms with Crippen LogP contribution in [-0.2, 0) is 32.1 Å². The van der Waals surface area contributed by atoms with E-state index < -0.39 is 36.0 Å². The Morgan fingerprint density at radius 2 is 1.64 bits per heavy atom. The average Bonchev–Trinajstić information content (AvgIpc) is 3.32. The first kappa shape index (κ1) is 23.8. The van der Waals surface area contributed by atoms with Gasteiger partial charge in [-0.05, 0) is 24.0 Å². The maximum atomic E-state index is 12.8.